The molecule has 0 fully saturated rings. The Morgan fingerprint density at radius 2 is 1.46 bits per heavy atom. The van der Waals surface area contributed by atoms with Gasteiger partial charge in [-0.2, -0.15) is 0 Å². The number of ether oxygens (including phenoxy) is 3. The maximum Gasteiger partial charge on any atom is 0.412 e. The van der Waals surface area contributed by atoms with Crippen LogP contribution < -0.4 is 15.4 Å². The van der Waals surface area contributed by atoms with Gasteiger partial charge in [0.25, 0.3) is 5.91 Å². The van der Waals surface area contributed by atoms with E-state index in [2.05, 4.69) is 15.6 Å². The van der Waals surface area contributed by atoms with Gasteiger partial charge >= 0.3 is 12.1 Å². The van der Waals surface area contributed by atoms with Gasteiger partial charge in [0.05, 0.1) is 11.4 Å². The van der Waals surface area contributed by atoms with Gasteiger partial charge in [-0.05, 0) is 77.9 Å². The topological polar surface area (TPSA) is 119 Å². The molecule has 35 heavy (non-hydrogen) atoms. The number of carbonyl (C=O) groups is 3. The van der Waals surface area contributed by atoms with E-state index in [1.165, 1.54) is 0 Å². The van der Waals surface area contributed by atoms with Gasteiger partial charge in [-0.1, -0.05) is 12.1 Å². The van der Waals surface area contributed by atoms with Gasteiger partial charge in [-0.15, -0.1) is 0 Å². The number of amides is 2. The molecule has 2 aromatic carbocycles. The summed E-state index contributed by atoms with van der Waals surface area (Å²) in [4.78, 5) is 40.0. The predicted molar refractivity (Wildman–Crippen MR) is 134 cm³/mol. The van der Waals surface area contributed by atoms with Crippen LogP contribution in [0.2, 0.25) is 0 Å². The fraction of sp³-hybridized carbons (Fsp3) is 0.346. The zero-order valence-corrected chi connectivity index (χ0v) is 20.8. The Kier molecular flexibility index (Phi) is 7.38. The lowest BCUT2D eigenvalue weighted by molar-refractivity contribution is -0.157. The van der Waals surface area contributed by atoms with Crippen LogP contribution in [0.1, 0.15) is 52.0 Å². The second kappa shape index (κ2) is 10.1. The molecule has 0 saturated heterocycles. The number of carbonyl (C=O) groups excluding carboxylic acids is 3. The van der Waals surface area contributed by atoms with E-state index >= 15 is 0 Å². The van der Waals surface area contributed by atoms with Gasteiger partial charge < -0.3 is 24.5 Å². The van der Waals surface area contributed by atoms with E-state index in [1.54, 1.807) is 90.1 Å². The Morgan fingerprint density at radius 1 is 0.829 bits per heavy atom. The van der Waals surface area contributed by atoms with E-state index in [-0.39, 0.29) is 6.61 Å². The van der Waals surface area contributed by atoms with Crippen molar-refractivity contribution < 1.29 is 28.6 Å². The largest absolute Gasteiger partial charge is 0.482 e. The van der Waals surface area contributed by atoms with E-state index < -0.39 is 29.2 Å². The molecule has 0 aliphatic heterocycles. The third kappa shape index (κ3) is 7.77. The fourth-order valence-corrected chi connectivity index (χ4v) is 3.14. The van der Waals surface area contributed by atoms with Crippen molar-refractivity contribution in [1.29, 1.82) is 0 Å². The lowest BCUT2D eigenvalue weighted by Crippen LogP contribution is -2.27. The number of hydrogen-bond acceptors (Lipinski definition) is 6. The summed E-state index contributed by atoms with van der Waals surface area (Å²) >= 11 is 0. The Morgan fingerprint density at radius 3 is 2.09 bits per heavy atom. The van der Waals surface area contributed by atoms with Crippen molar-refractivity contribution in [2.24, 2.45) is 0 Å². The number of rotatable bonds is 6. The standard InChI is InChI=1S/C26H31N3O6/c1-25(2,3)34-22(30)15-33-17-11-12-18-16(13-17)14-21(27-18)23(31)28-19-9-7-8-10-20(19)29-24(32)35-26(4,5)6/h7-14,27H,15H2,1-6H3,(H,28,31)(H,29,32). The first-order valence-corrected chi connectivity index (χ1v) is 11.2. The van der Waals surface area contributed by atoms with E-state index in [4.69, 9.17) is 14.2 Å². The van der Waals surface area contributed by atoms with Crippen LogP contribution in [0.25, 0.3) is 10.9 Å². The van der Waals surface area contributed by atoms with Crippen LogP contribution in [0, 0.1) is 0 Å². The molecule has 9 heteroatoms. The van der Waals surface area contributed by atoms with Crippen molar-refractivity contribution in [1.82, 2.24) is 4.98 Å². The average Bonchev–Trinajstić information content (AvgIpc) is 3.14. The highest BCUT2D eigenvalue weighted by Gasteiger charge is 2.19. The summed E-state index contributed by atoms with van der Waals surface area (Å²) in [6.07, 6.45) is -0.622. The van der Waals surface area contributed by atoms with Crippen LogP contribution in [0.4, 0.5) is 16.2 Å². The van der Waals surface area contributed by atoms with Gasteiger partial charge in [0.1, 0.15) is 22.6 Å². The van der Waals surface area contributed by atoms with Crippen molar-refractivity contribution in [3.05, 3.63) is 54.2 Å². The molecule has 0 bridgehead atoms. The average molecular weight is 482 g/mol. The molecule has 0 spiro atoms. The SMILES string of the molecule is CC(C)(C)OC(=O)COc1ccc2[nH]c(C(=O)Nc3ccccc3NC(=O)OC(C)(C)C)cc2c1. The highest BCUT2D eigenvalue weighted by Crippen LogP contribution is 2.25. The molecule has 3 N–H and O–H groups in total. The van der Waals surface area contributed by atoms with E-state index in [0.29, 0.717) is 22.8 Å². The first-order valence-electron chi connectivity index (χ1n) is 11.2. The number of esters is 1. The molecular weight excluding hydrogens is 450 g/mol. The number of fused-ring (bicyclic) bond motifs is 1. The molecule has 3 rings (SSSR count). The molecule has 0 saturated carbocycles. The van der Waals surface area contributed by atoms with Crippen LogP contribution in [-0.2, 0) is 14.3 Å². The third-order valence-electron chi connectivity index (χ3n) is 4.42. The number of aromatic nitrogens is 1. The summed E-state index contributed by atoms with van der Waals surface area (Å²) in [6, 6.07) is 13.7. The summed E-state index contributed by atoms with van der Waals surface area (Å²) in [6.45, 7) is 10.4. The molecule has 2 amide bonds. The van der Waals surface area contributed by atoms with Gasteiger partial charge in [-0.25, -0.2) is 9.59 Å². The van der Waals surface area contributed by atoms with E-state index in [9.17, 15) is 14.4 Å². The zero-order valence-electron chi connectivity index (χ0n) is 20.8. The maximum atomic E-state index is 12.9. The number of aromatic amines is 1. The summed E-state index contributed by atoms with van der Waals surface area (Å²) in [5, 5.41) is 6.19. The van der Waals surface area contributed by atoms with Gasteiger partial charge in [0, 0.05) is 10.9 Å². The highest BCUT2D eigenvalue weighted by atomic mass is 16.6. The van der Waals surface area contributed by atoms with Crippen LogP contribution >= 0.6 is 0 Å². The highest BCUT2D eigenvalue weighted by molar-refractivity contribution is 6.08. The van der Waals surface area contributed by atoms with Crippen molar-refractivity contribution in [3.63, 3.8) is 0 Å². The molecule has 3 aromatic rings. The maximum absolute atomic E-state index is 12.9. The molecule has 0 unspecified atom stereocenters. The summed E-state index contributed by atoms with van der Waals surface area (Å²) in [5.41, 5.74) is 0.625. The summed E-state index contributed by atoms with van der Waals surface area (Å²) < 4.78 is 16.1. The molecule has 186 valence electrons. The number of nitrogens with one attached hydrogen (secondary N) is 3. The molecule has 0 aliphatic carbocycles. The first kappa shape index (κ1) is 25.6. The lowest BCUT2D eigenvalue weighted by Gasteiger charge is -2.20. The molecule has 0 aliphatic rings. The molecular formula is C26H31N3O6. The van der Waals surface area contributed by atoms with Crippen molar-refractivity contribution in [2.45, 2.75) is 52.7 Å². The second-order valence-electron chi connectivity index (χ2n) is 9.93. The number of para-hydroxylation sites is 2. The van der Waals surface area contributed by atoms with Crippen molar-refractivity contribution >= 4 is 40.2 Å². The van der Waals surface area contributed by atoms with Crippen LogP contribution in [-0.4, -0.2) is 40.8 Å². The van der Waals surface area contributed by atoms with E-state index in [1.807, 2.05) is 0 Å². The Bertz CT molecular complexity index is 1230. The van der Waals surface area contributed by atoms with Gasteiger partial charge in [0.15, 0.2) is 6.61 Å². The number of H-pyrrole nitrogens is 1. The van der Waals surface area contributed by atoms with Gasteiger partial charge in [-0.3, -0.25) is 10.1 Å². The number of anilines is 2. The first-order chi connectivity index (χ1) is 16.3. The number of hydrogen-bond donors (Lipinski definition) is 3. The van der Waals surface area contributed by atoms with E-state index in [0.717, 1.165) is 10.9 Å². The van der Waals surface area contributed by atoms with Crippen LogP contribution in [0.3, 0.4) is 0 Å². The molecule has 1 aromatic heterocycles. The smallest absolute Gasteiger partial charge is 0.412 e. The molecule has 9 nitrogen and oxygen atoms in total. The Balaban J connectivity index is 1.69. The predicted octanol–water partition coefficient (Wildman–Crippen LogP) is 5.49. The van der Waals surface area contributed by atoms with Crippen LogP contribution in [0.5, 0.6) is 5.75 Å². The van der Waals surface area contributed by atoms with Gasteiger partial charge in [0.2, 0.25) is 0 Å². The normalized spacial score (nSPS) is 11.6. The quantitative estimate of drug-likeness (QED) is 0.401. The monoisotopic (exact) mass is 481 g/mol. The van der Waals surface area contributed by atoms with Crippen molar-refractivity contribution in [3.8, 4) is 5.75 Å². The molecule has 0 radical (unpaired) electrons. The second-order valence-corrected chi connectivity index (χ2v) is 9.93. The third-order valence-corrected chi connectivity index (χ3v) is 4.42. The molecule has 0 atom stereocenters. The van der Waals surface area contributed by atoms with Crippen molar-refractivity contribution in [2.75, 3.05) is 17.2 Å². The molecule has 1 heterocycles. The minimum Gasteiger partial charge on any atom is -0.482 e. The Labute approximate surface area is 204 Å². The minimum absolute atomic E-state index is 0.220. The fourth-order valence-electron chi connectivity index (χ4n) is 3.14. The Hall–Kier alpha value is -4.01. The minimum atomic E-state index is -0.651. The lowest BCUT2D eigenvalue weighted by atomic mass is 10.2. The van der Waals surface area contributed by atoms with Crippen LogP contribution in [0.15, 0.2) is 48.5 Å². The summed E-state index contributed by atoms with van der Waals surface area (Å²) in [5.74, 6) is -0.387. The zero-order chi connectivity index (χ0) is 25.8. The number of benzene rings is 2. The summed E-state index contributed by atoms with van der Waals surface area (Å²) in [7, 11) is 0.